The molecule has 6 heteroatoms. The van der Waals surface area contributed by atoms with E-state index in [0.29, 0.717) is 6.54 Å². The first-order chi connectivity index (χ1) is 8.50. The SMILES string of the molecule is CCS(=O)(=O)CCNC(=O)C1CCCCC1CN. The second-order valence-corrected chi connectivity index (χ2v) is 7.39. The lowest BCUT2D eigenvalue weighted by atomic mass is 9.79. The molecular formula is C12H24N2O3S. The van der Waals surface area contributed by atoms with Gasteiger partial charge in [0.15, 0.2) is 9.84 Å². The maximum atomic E-state index is 12.0. The van der Waals surface area contributed by atoms with Crippen LogP contribution in [0.2, 0.25) is 0 Å². The van der Waals surface area contributed by atoms with Crippen molar-refractivity contribution >= 4 is 15.7 Å². The molecule has 0 bridgehead atoms. The fraction of sp³-hybridized carbons (Fsp3) is 0.917. The van der Waals surface area contributed by atoms with Crippen LogP contribution in [0.15, 0.2) is 0 Å². The van der Waals surface area contributed by atoms with E-state index in [2.05, 4.69) is 5.32 Å². The molecule has 1 saturated carbocycles. The Morgan fingerprint density at radius 1 is 1.33 bits per heavy atom. The molecule has 0 aromatic heterocycles. The van der Waals surface area contributed by atoms with Gasteiger partial charge in [-0.1, -0.05) is 19.8 Å². The normalized spacial score (nSPS) is 24.8. The molecule has 1 amide bonds. The van der Waals surface area contributed by atoms with E-state index >= 15 is 0 Å². The summed E-state index contributed by atoms with van der Waals surface area (Å²) in [5.74, 6) is 0.332. The monoisotopic (exact) mass is 276 g/mol. The van der Waals surface area contributed by atoms with Crippen molar-refractivity contribution in [2.24, 2.45) is 17.6 Å². The minimum absolute atomic E-state index is 0.0231. The molecule has 1 aliphatic rings. The van der Waals surface area contributed by atoms with Gasteiger partial charge in [-0.15, -0.1) is 0 Å². The van der Waals surface area contributed by atoms with Crippen LogP contribution in [0.4, 0.5) is 0 Å². The molecule has 106 valence electrons. The van der Waals surface area contributed by atoms with Crippen LogP contribution in [0, 0.1) is 11.8 Å². The molecule has 2 atom stereocenters. The summed E-state index contributed by atoms with van der Waals surface area (Å²) in [4.78, 5) is 12.0. The molecule has 1 fully saturated rings. The minimum atomic E-state index is -3.00. The Balaban J connectivity index is 2.40. The van der Waals surface area contributed by atoms with Crippen molar-refractivity contribution in [1.82, 2.24) is 5.32 Å². The van der Waals surface area contributed by atoms with E-state index in [1.54, 1.807) is 6.92 Å². The summed E-state index contributed by atoms with van der Waals surface area (Å²) in [7, 11) is -3.00. The first-order valence-corrected chi connectivity index (χ1v) is 8.50. The van der Waals surface area contributed by atoms with Crippen LogP contribution in [0.5, 0.6) is 0 Å². The third-order valence-corrected chi connectivity index (χ3v) is 5.41. The Morgan fingerprint density at radius 2 is 2.00 bits per heavy atom. The highest BCUT2D eigenvalue weighted by Crippen LogP contribution is 2.29. The van der Waals surface area contributed by atoms with Gasteiger partial charge < -0.3 is 11.1 Å². The van der Waals surface area contributed by atoms with Crippen LogP contribution in [-0.2, 0) is 14.6 Å². The number of amides is 1. The fourth-order valence-electron chi connectivity index (χ4n) is 2.44. The highest BCUT2D eigenvalue weighted by Gasteiger charge is 2.29. The lowest BCUT2D eigenvalue weighted by molar-refractivity contribution is -0.127. The molecule has 3 N–H and O–H groups in total. The topological polar surface area (TPSA) is 89.3 Å². The van der Waals surface area contributed by atoms with E-state index in [4.69, 9.17) is 5.73 Å². The summed E-state index contributed by atoms with van der Waals surface area (Å²) in [5, 5.41) is 2.73. The molecule has 18 heavy (non-hydrogen) atoms. The van der Waals surface area contributed by atoms with Crippen LogP contribution < -0.4 is 11.1 Å². The number of nitrogens with two attached hydrogens (primary N) is 1. The van der Waals surface area contributed by atoms with Crippen molar-refractivity contribution in [2.75, 3.05) is 24.6 Å². The lowest BCUT2D eigenvalue weighted by Crippen LogP contribution is -2.41. The van der Waals surface area contributed by atoms with Gasteiger partial charge in [0.2, 0.25) is 5.91 Å². The third kappa shape index (κ3) is 4.57. The minimum Gasteiger partial charge on any atom is -0.355 e. The zero-order valence-electron chi connectivity index (χ0n) is 11.0. The summed E-state index contributed by atoms with van der Waals surface area (Å²) >= 11 is 0. The van der Waals surface area contributed by atoms with Gasteiger partial charge >= 0.3 is 0 Å². The maximum Gasteiger partial charge on any atom is 0.223 e. The van der Waals surface area contributed by atoms with Gasteiger partial charge in [0.25, 0.3) is 0 Å². The molecule has 0 aromatic carbocycles. The van der Waals surface area contributed by atoms with Gasteiger partial charge in [-0.3, -0.25) is 4.79 Å². The number of hydrogen-bond acceptors (Lipinski definition) is 4. The molecule has 0 heterocycles. The fourth-order valence-corrected chi connectivity index (χ4v) is 3.14. The number of rotatable bonds is 6. The van der Waals surface area contributed by atoms with Gasteiger partial charge in [-0.25, -0.2) is 8.42 Å². The van der Waals surface area contributed by atoms with Crippen LogP contribution >= 0.6 is 0 Å². The van der Waals surface area contributed by atoms with Gasteiger partial charge in [0.05, 0.1) is 5.75 Å². The number of carbonyl (C=O) groups is 1. The van der Waals surface area contributed by atoms with E-state index in [-0.39, 0.29) is 35.8 Å². The molecule has 0 aliphatic heterocycles. The standard InChI is InChI=1S/C12H24N2O3S/c1-2-18(16,17)8-7-14-12(15)11-6-4-3-5-10(11)9-13/h10-11H,2-9,13H2,1H3,(H,14,15). The van der Waals surface area contributed by atoms with Crippen LogP contribution in [0.25, 0.3) is 0 Å². The number of sulfone groups is 1. The van der Waals surface area contributed by atoms with E-state index in [1.165, 1.54) is 0 Å². The summed E-state index contributed by atoms with van der Waals surface area (Å²) in [6.45, 7) is 2.36. The molecule has 5 nitrogen and oxygen atoms in total. The first kappa shape index (κ1) is 15.4. The zero-order chi connectivity index (χ0) is 13.6. The predicted octanol–water partition coefficient (Wildman–Crippen LogP) is 0.302. The van der Waals surface area contributed by atoms with Crippen LogP contribution in [0.1, 0.15) is 32.6 Å². The predicted molar refractivity (Wildman–Crippen MR) is 71.8 cm³/mol. The Labute approximate surface area is 109 Å². The van der Waals surface area contributed by atoms with Gasteiger partial charge in [0.1, 0.15) is 0 Å². The number of hydrogen-bond donors (Lipinski definition) is 2. The van der Waals surface area contributed by atoms with Crippen molar-refractivity contribution < 1.29 is 13.2 Å². The second-order valence-electron chi connectivity index (χ2n) is 4.91. The average Bonchev–Trinajstić information content (AvgIpc) is 2.38. The summed E-state index contributed by atoms with van der Waals surface area (Å²) < 4.78 is 22.6. The molecule has 2 unspecified atom stereocenters. The van der Waals surface area contributed by atoms with E-state index in [1.807, 2.05) is 0 Å². The second kappa shape index (κ2) is 7.09. The Kier molecular flexibility index (Phi) is 6.08. The average molecular weight is 276 g/mol. The maximum absolute atomic E-state index is 12.0. The third-order valence-electron chi connectivity index (χ3n) is 3.70. The van der Waals surface area contributed by atoms with Gasteiger partial charge in [-0.05, 0) is 25.3 Å². The number of nitrogens with one attached hydrogen (secondary N) is 1. The Hall–Kier alpha value is -0.620. The summed E-state index contributed by atoms with van der Waals surface area (Å²) in [6, 6.07) is 0. The Bertz CT molecular complexity index is 368. The molecule has 1 rings (SSSR count). The molecule has 0 aromatic rings. The lowest BCUT2D eigenvalue weighted by Gasteiger charge is -2.29. The molecular weight excluding hydrogens is 252 g/mol. The van der Waals surface area contributed by atoms with Crippen molar-refractivity contribution in [2.45, 2.75) is 32.6 Å². The summed E-state index contributed by atoms with van der Waals surface area (Å²) in [5.41, 5.74) is 5.68. The van der Waals surface area contributed by atoms with Crippen LogP contribution in [0.3, 0.4) is 0 Å². The van der Waals surface area contributed by atoms with E-state index in [9.17, 15) is 13.2 Å². The van der Waals surface area contributed by atoms with Crippen molar-refractivity contribution in [1.29, 1.82) is 0 Å². The van der Waals surface area contributed by atoms with Crippen LogP contribution in [-0.4, -0.2) is 38.9 Å². The molecule has 0 radical (unpaired) electrons. The van der Waals surface area contributed by atoms with Gasteiger partial charge in [-0.2, -0.15) is 0 Å². The Morgan fingerprint density at radius 3 is 2.61 bits per heavy atom. The first-order valence-electron chi connectivity index (χ1n) is 6.68. The largest absolute Gasteiger partial charge is 0.355 e. The highest BCUT2D eigenvalue weighted by atomic mass is 32.2. The molecule has 0 saturated heterocycles. The summed E-state index contributed by atoms with van der Waals surface area (Å²) in [6.07, 6.45) is 4.06. The number of carbonyl (C=O) groups excluding carboxylic acids is 1. The van der Waals surface area contributed by atoms with E-state index in [0.717, 1.165) is 25.7 Å². The smallest absolute Gasteiger partial charge is 0.223 e. The highest BCUT2D eigenvalue weighted by molar-refractivity contribution is 7.91. The van der Waals surface area contributed by atoms with Crippen molar-refractivity contribution in [3.05, 3.63) is 0 Å². The molecule has 1 aliphatic carbocycles. The van der Waals surface area contributed by atoms with Crippen molar-refractivity contribution in [3.63, 3.8) is 0 Å². The zero-order valence-corrected chi connectivity index (χ0v) is 11.8. The van der Waals surface area contributed by atoms with Crippen molar-refractivity contribution in [3.8, 4) is 0 Å². The van der Waals surface area contributed by atoms with E-state index < -0.39 is 9.84 Å². The quantitative estimate of drug-likeness (QED) is 0.730. The molecule has 0 spiro atoms. The van der Waals surface area contributed by atoms with Gasteiger partial charge in [0, 0.05) is 18.2 Å².